The highest BCUT2D eigenvalue weighted by molar-refractivity contribution is 7.90. The van der Waals surface area contributed by atoms with E-state index in [4.69, 9.17) is 4.74 Å². The van der Waals surface area contributed by atoms with E-state index in [1.807, 2.05) is 24.3 Å². The van der Waals surface area contributed by atoms with Crippen molar-refractivity contribution in [2.24, 2.45) is 0 Å². The van der Waals surface area contributed by atoms with Gasteiger partial charge in [0.25, 0.3) is 0 Å². The SMILES string of the molecule is COc1cccc(CNC(=O)Nc2ccc(S(C)(=O)=O)cc2)c1. The van der Waals surface area contributed by atoms with Crippen LogP contribution in [0.15, 0.2) is 53.4 Å². The summed E-state index contributed by atoms with van der Waals surface area (Å²) in [5.41, 5.74) is 1.42. The summed E-state index contributed by atoms with van der Waals surface area (Å²) in [5, 5.41) is 5.36. The van der Waals surface area contributed by atoms with E-state index in [-0.39, 0.29) is 10.9 Å². The van der Waals surface area contributed by atoms with Gasteiger partial charge in [-0.2, -0.15) is 0 Å². The monoisotopic (exact) mass is 334 g/mol. The molecule has 0 atom stereocenters. The molecule has 2 aromatic rings. The second kappa shape index (κ2) is 7.15. The van der Waals surface area contributed by atoms with Gasteiger partial charge in [0.1, 0.15) is 5.75 Å². The minimum absolute atomic E-state index is 0.208. The number of amides is 2. The number of nitrogens with one attached hydrogen (secondary N) is 2. The Morgan fingerprint density at radius 3 is 2.43 bits per heavy atom. The van der Waals surface area contributed by atoms with Gasteiger partial charge in [-0.25, -0.2) is 13.2 Å². The molecule has 0 fully saturated rings. The molecule has 23 heavy (non-hydrogen) atoms. The zero-order valence-corrected chi connectivity index (χ0v) is 13.7. The van der Waals surface area contributed by atoms with Crippen molar-refractivity contribution >= 4 is 21.6 Å². The van der Waals surface area contributed by atoms with Gasteiger partial charge >= 0.3 is 6.03 Å². The van der Waals surface area contributed by atoms with Crippen LogP contribution in [-0.2, 0) is 16.4 Å². The summed E-state index contributed by atoms with van der Waals surface area (Å²) in [7, 11) is -1.66. The molecule has 7 heteroatoms. The third kappa shape index (κ3) is 5.00. The van der Waals surface area contributed by atoms with Crippen LogP contribution < -0.4 is 15.4 Å². The van der Waals surface area contributed by atoms with Gasteiger partial charge in [-0.05, 0) is 42.0 Å². The van der Waals surface area contributed by atoms with Crippen molar-refractivity contribution in [3.63, 3.8) is 0 Å². The minimum atomic E-state index is -3.24. The Bertz CT molecular complexity index is 786. The van der Waals surface area contributed by atoms with Gasteiger partial charge in [0.2, 0.25) is 0 Å². The van der Waals surface area contributed by atoms with E-state index in [0.29, 0.717) is 12.2 Å². The number of hydrogen-bond acceptors (Lipinski definition) is 4. The molecule has 122 valence electrons. The van der Waals surface area contributed by atoms with Gasteiger partial charge < -0.3 is 15.4 Å². The summed E-state index contributed by atoms with van der Waals surface area (Å²) < 4.78 is 27.9. The van der Waals surface area contributed by atoms with E-state index < -0.39 is 9.84 Å². The predicted octanol–water partition coefficient (Wildman–Crippen LogP) is 2.42. The maximum atomic E-state index is 11.9. The highest BCUT2D eigenvalue weighted by Crippen LogP contribution is 2.14. The van der Waals surface area contributed by atoms with E-state index in [1.54, 1.807) is 19.2 Å². The minimum Gasteiger partial charge on any atom is -0.497 e. The average Bonchev–Trinajstić information content (AvgIpc) is 2.53. The third-order valence-corrected chi connectivity index (χ3v) is 4.26. The number of methoxy groups -OCH3 is 1. The highest BCUT2D eigenvalue weighted by atomic mass is 32.2. The molecule has 0 radical (unpaired) electrons. The van der Waals surface area contributed by atoms with E-state index in [1.165, 1.54) is 12.1 Å². The lowest BCUT2D eigenvalue weighted by atomic mass is 10.2. The van der Waals surface area contributed by atoms with Gasteiger partial charge in [0.15, 0.2) is 9.84 Å². The molecular formula is C16H18N2O4S. The average molecular weight is 334 g/mol. The van der Waals surface area contributed by atoms with Crippen molar-refractivity contribution in [1.82, 2.24) is 5.32 Å². The second-order valence-corrected chi connectivity index (χ2v) is 6.97. The smallest absolute Gasteiger partial charge is 0.319 e. The second-order valence-electron chi connectivity index (χ2n) is 4.96. The molecular weight excluding hydrogens is 316 g/mol. The lowest BCUT2D eigenvalue weighted by Crippen LogP contribution is -2.28. The molecule has 0 heterocycles. The summed E-state index contributed by atoms with van der Waals surface area (Å²) >= 11 is 0. The molecule has 0 saturated heterocycles. The van der Waals surface area contributed by atoms with Crippen LogP contribution in [0.3, 0.4) is 0 Å². The van der Waals surface area contributed by atoms with Crippen LogP contribution in [0, 0.1) is 0 Å². The van der Waals surface area contributed by atoms with Crippen molar-refractivity contribution in [2.75, 3.05) is 18.7 Å². The maximum absolute atomic E-state index is 11.9. The Morgan fingerprint density at radius 1 is 1.13 bits per heavy atom. The van der Waals surface area contributed by atoms with E-state index in [0.717, 1.165) is 17.6 Å². The molecule has 6 nitrogen and oxygen atoms in total. The van der Waals surface area contributed by atoms with Crippen LogP contribution in [-0.4, -0.2) is 27.8 Å². The first-order chi connectivity index (χ1) is 10.9. The summed E-state index contributed by atoms with van der Waals surface area (Å²) in [6, 6.07) is 13.0. The first-order valence-electron chi connectivity index (χ1n) is 6.86. The van der Waals surface area contributed by atoms with Crippen LogP contribution >= 0.6 is 0 Å². The number of hydrogen-bond donors (Lipinski definition) is 2. The van der Waals surface area contributed by atoms with E-state index >= 15 is 0 Å². The number of carbonyl (C=O) groups is 1. The summed E-state index contributed by atoms with van der Waals surface area (Å²) in [4.78, 5) is 12.1. The molecule has 2 aromatic carbocycles. The largest absolute Gasteiger partial charge is 0.497 e. The molecule has 0 aliphatic rings. The van der Waals surface area contributed by atoms with Crippen molar-refractivity contribution in [1.29, 1.82) is 0 Å². The number of rotatable bonds is 5. The predicted molar refractivity (Wildman–Crippen MR) is 88.4 cm³/mol. The first kappa shape index (κ1) is 16.8. The molecule has 2 N–H and O–H groups in total. The molecule has 0 spiro atoms. The number of ether oxygens (including phenoxy) is 1. The quantitative estimate of drug-likeness (QED) is 0.879. The summed E-state index contributed by atoms with van der Waals surface area (Å²) in [6.07, 6.45) is 1.14. The van der Waals surface area contributed by atoms with Gasteiger partial charge in [0.05, 0.1) is 12.0 Å². The molecule has 0 aromatic heterocycles. The normalized spacial score (nSPS) is 10.9. The lowest BCUT2D eigenvalue weighted by Gasteiger charge is -2.09. The standard InChI is InChI=1S/C16H18N2O4S/c1-22-14-5-3-4-12(10-14)11-17-16(19)18-13-6-8-15(9-7-13)23(2,20)21/h3-10H,11H2,1-2H3,(H2,17,18,19). The van der Waals surface area contributed by atoms with Crippen molar-refractivity contribution < 1.29 is 17.9 Å². The Balaban J connectivity index is 1.92. The fraction of sp³-hybridized carbons (Fsp3) is 0.188. The molecule has 2 amide bonds. The third-order valence-electron chi connectivity index (χ3n) is 3.13. The number of benzene rings is 2. The zero-order chi connectivity index (χ0) is 16.9. The lowest BCUT2D eigenvalue weighted by molar-refractivity contribution is 0.251. The number of anilines is 1. The molecule has 0 unspecified atom stereocenters. The number of sulfone groups is 1. The summed E-state index contributed by atoms with van der Waals surface area (Å²) in [5.74, 6) is 0.723. The maximum Gasteiger partial charge on any atom is 0.319 e. The van der Waals surface area contributed by atoms with Crippen LogP contribution in [0.25, 0.3) is 0 Å². The van der Waals surface area contributed by atoms with Gasteiger partial charge in [0, 0.05) is 18.5 Å². The number of carbonyl (C=O) groups excluding carboxylic acids is 1. The topological polar surface area (TPSA) is 84.5 Å². The van der Waals surface area contributed by atoms with Crippen LogP contribution in [0.1, 0.15) is 5.56 Å². The summed E-state index contributed by atoms with van der Waals surface area (Å²) in [6.45, 7) is 0.352. The first-order valence-corrected chi connectivity index (χ1v) is 8.75. The van der Waals surface area contributed by atoms with Crippen LogP contribution in [0.2, 0.25) is 0 Å². The fourth-order valence-electron chi connectivity index (χ4n) is 1.93. The van der Waals surface area contributed by atoms with Gasteiger partial charge in [-0.15, -0.1) is 0 Å². The van der Waals surface area contributed by atoms with E-state index in [9.17, 15) is 13.2 Å². The molecule has 2 rings (SSSR count). The van der Waals surface area contributed by atoms with Crippen molar-refractivity contribution in [2.45, 2.75) is 11.4 Å². The Morgan fingerprint density at radius 2 is 1.83 bits per heavy atom. The fourth-order valence-corrected chi connectivity index (χ4v) is 2.56. The Kier molecular flexibility index (Phi) is 5.23. The molecule has 0 saturated carbocycles. The molecule has 0 aliphatic carbocycles. The van der Waals surface area contributed by atoms with Gasteiger partial charge in [-0.1, -0.05) is 12.1 Å². The van der Waals surface area contributed by atoms with Gasteiger partial charge in [-0.3, -0.25) is 0 Å². The Hall–Kier alpha value is -2.54. The zero-order valence-electron chi connectivity index (χ0n) is 12.9. The van der Waals surface area contributed by atoms with E-state index in [2.05, 4.69) is 10.6 Å². The van der Waals surface area contributed by atoms with Crippen molar-refractivity contribution in [3.05, 3.63) is 54.1 Å². The van der Waals surface area contributed by atoms with Crippen LogP contribution in [0.4, 0.5) is 10.5 Å². The Labute approximate surface area is 135 Å². The highest BCUT2D eigenvalue weighted by Gasteiger charge is 2.07. The van der Waals surface area contributed by atoms with Crippen molar-refractivity contribution in [3.8, 4) is 5.75 Å². The number of urea groups is 1. The molecule has 0 bridgehead atoms. The van der Waals surface area contributed by atoms with Crippen LogP contribution in [0.5, 0.6) is 5.75 Å². The molecule has 0 aliphatic heterocycles.